The maximum absolute atomic E-state index is 14.1. The molecule has 2 rings (SSSR count). The van der Waals surface area contributed by atoms with Gasteiger partial charge in [0.2, 0.25) is 0 Å². The van der Waals surface area contributed by atoms with Crippen LogP contribution in [-0.4, -0.2) is 18.2 Å². The zero-order valence-electron chi connectivity index (χ0n) is 10.4. The Hall–Kier alpha value is -2.20. The lowest BCUT2D eigenvalue weighted by Crippen LogP contribution is -2.02. The zero-order valence-corrected chi connectivity index (χ0v) is 10.4. The van der Waals surface area contributed by atoms with Crippen molar-refractivity contribution >= 4 is 5.97 Å². The third-order valence-corrected chi connectivity index (χ3v) is 2.87. The minimum atomic E-state index is -0.583. The molecule has 0 aliphatic heterocycles. The van der Waals surface area contributed by atoms with Gasteiger partial charge in [-0.15, -0.1) is 0 Å². The summed E-state index contributed by atoms with van der Waals surface area (Å²) in [5.74, 6) is -1.11. The molecule has 2 aromatic carbocycles. The highest BCUT2D eigenvalue weighted by Gasteiger charge is 2.12. The average molecular weight is 260 g/mol. The number of ether oxygens (including phenoxy) is 1. The largest absolute Gasteiger partial charge is 0.465 e. The summed E-state index contributed by atoms with van der Waals surface area (Å²) >= 11 is 0. The van der Waals surface area contributed by atoms with Crippen molar-refractivity contribution in [1.29, 1.82) is 0 Å². The van der Waals surface area contributed by atoms with Crippen molar-refractivity contribution < 1.29 is 19.0 Å². The number of methoxy groups -OCH3 is 1. The van der Waals surface area contributed by atoms with E-state index >= 15 is 0 Å². The molecule has 0 aliphatic rings. The van der Waals surface area contributed by atoms with Crippen molar-refractivity contribution in [3.63, 3.8) is 0 Å². The number of hydrogen-bond acceptors (Lipinski definition) is 3. The lowest BCUT2D eigenvalue weighted by molar-refractivity contribution is 0.0600. The molecule has 1 N–H and O–H groups in total. The molecule has 0 saturated heterocycles. The Morgan fingerprint density at radius 2 is 1.95 bits per heavy atom. The SMILES string of the molecule is COC(=O)c1ccc(-c2ccccc2CO)c(F)c1. The van der Waals surface area contributed by atoms with E-state index in [-0.39, 0.29) is 12.2 Å². The molecule has 4 heteroatoms. The van der Waals surface area contributed by atoms with E-state index in [1.165, 1.54) is 19.2 Å². The number of benzene rings is 2. The van der Waals surface area contributed by atoms with E-state index in [0.29, 0.717) is 16.7 Å². The van der Waals surface area contributed by atoms with Gasteiger partial charge in [-0.05, 0) is 23.3 Å². The van der Waals surface area contributed by atoms with E-state index in [1.807, 2.05) is 0 Å². The van der Waals surface area contributed by atoms with Gasteiger partial charge in [-0.3, -0.25) is 0 Å². The second-order valence-electron chi connectivity index (χ2n) is 4.00. The van der Waals surface area contributed by atoms with Crippen molar-refractivity contribution in [2.75, 3.05) is 7.11 Å². The van der Waals surface area contributed by atoms with Crippen LogP contribution in [0.2, 0.25) is 0 Å². The topological polar surface area (TPSA) is 46.5 Å². The number of carbonyl (C=O) groups is 1. The summed E-state index contributed by atoms with van der Waals surface area (Å²) < 4.78 is 18.6. The van der Waals surface area contributed by atoms with Gasteiger partial charge in [0.05, 0.1) is 19.3 Å². The van der Waals surface area contributed by atoms with E-state index in [0.717, 1.165) is 6.07 Å². The van der Waals surface area contributed by atoms with Crippen molar-refractivity contribution in [2.45, 2.75) is 6.61 Å². The average Bonchev–Trinajstić information content (AvgIpc) is 2.46. The fourth-order valence-corrected chi connectivity index (χ4v) is 1.90. The van der Waals surface area contributed by atoms with Crippen LogP contribution in [0.4, 0.5) is 4.39 Å². The van der Waals surface area contributed by atoms with E-state index in [1.54, 1.807) is 24.3 Å². The molecule has 0 amide bonds. The first-order valence-electron chi connectivity index (χ1n) is 5.74. The lowest BCUT2D eigenvalue weighted by Gasteiger charge is -2.09. The molecule has 0 radical (unpaired) electrons. The van der Waals surface area contributed by atoms with Crippen molar-refractivity contribution in [2.24, 2.45) is 0 Å². The second kappa shape index (κ2) is 5.63. The summed E-state index contributed by atoms with van der Waals surface area (Å²) in [6, 6.07) is 11.1. The number of halogens is 1. The Kier molecular flexibility index (Phi) is 3.92. The van der Waals surface area contributed by atoms with Crippen molar-refractivity contribution in [1.82, 2.24) is 0 Å². The highest BCUT2D eigenvalue weighted by atomic mass is 19.1. The maximum Gasteiger partial charge on any atom is 0.337 e. The van der Waals surface area contributed by atoms with E-state index < -0.39 is 11.8 Å². The number of carbonyl (C=O) groups excluding carboxylic acids is 1. The van der Waals surface area contributed by atoms with Crippen LogP contribution in [0, 0.1) is 5.82 Å². The van der Waals surface area contributed by atoms with Gasteiger partial charge in [0.15, 0.2) is 0 Å². The van der Waals surface area contributed by atoms with Gasteiger partial charge in [0, 0.05) is 5.56 Å². The minimum Gasteiger partial charge on any atom is -0.465 e. The molecular formula is C15H13FO3. The summed E-state index contributed by atoms with van der Waals surface area (Å²) in [5, 5.41) is 9.25. The van der Waals surface area contributed by atoms with Crippen LogP contribution in [0.3, 0.4) is 0 Å². The quantitative estimate of drug-likeness (QED) is 0.863. The third-order valence-electron chi connectivity index (χ3n) is 2.87. The summed E-state index contributed by atoms with van der Waals surface area (Å²) in [6.07, 6.45) is 0. The molecule has 0 atom stereocenters. The predicted octanol–water partition coefficient (Wildman–Crippen LogP) is 2.77. The van der Waals surface area contributed by atoms with Gasteiger partial charge in [0.25, 0.3) is 0 Å². The fraction of sp³-hybridized carbons (Fsp3) is 0.133. The molecule has 2 aromatic rings. The smallest absolute Gasteiger partial charge is 0.337 e. The van der Waals surface area contributed by atoms with Crippen molar-refractivity contribution in [3.8, 4) is 11.1 Å². The highest BCUT2D eigenvalue weighted by Crippen LogP contribution is 2.27. The summed E-state index contributed by atoms with van der Waals surface area (Å²) in [7, 11) is 1.25. The molecule has 98 valence electrons. The number of rotatable bonds is 3. The Bertz CT molecular complexity index is 608. The summed E-state index contributed by atoms with van der Waals surface area (Å²) in [6.45, 7) is -0.172. The lowest BCUT2D eigenvalue weighted by atomic mass is 9.98. The van der Waals surface area contributed by atoms with E-state index in [9.17, 15) is 14.3 Å². The monoisotopic (exact) mass is 260 g/mol. The first kappa shape index (κ1) is 13.2. The van der Waals surface area contributed by atoms with Gasteiger partial charge in [-0.25, -0.2) is 9.18 Å². The summed E-state index contributed by atoms with van der Waals surface area (Å²) in [5.41, 5.74) is 1.74. The molecule has 0 unspecified atom stereocenters. The minimum absolute atomic E-state index is 0.158. The van der Waals surface area contributed by atoms with E-state index in [2.05, 4.69) is 4.74 Å². The van der Waals surface area contributed by atoms with Crippen LogP contribution < -0.4 is 0 Å². The highest BCUT2D eigenvalue weighted by molar-refractivity contribution is 5.90. The molecule has 0 fully saturated rings. The fourth-order valence-electron chi connectivity index (χ4n) is 1.90. The van der Waals surface area contributed by atoms with Gasteiger partial charge in [-0.2, -0.15) is 0 Å². The molecule has 0 bridgehead atoms. The Morgan fingerprint density at radius 3 is 2.58 bits per heavy atom. The molecular weight excluding hydrogens is 247 g/mol. The number of hydrogen-bond donors (Lipinski definition) is 1. The summed E-state index contributed by atoms with van der Waals surface area (Å²) in [4.78, 5) is 11.3. The Morgan fingerprint density at radius 1 is 1.21 bits per heavy atom. The molecule has 0 spiro atoms. The van der Waals surface area contributed by atoms with Gasteiger partial charge >= 0.3 is 5.97 Å². The zero-order chi connectivity index (χ0) is 13.8. The van der Waals surface area contributed by atoms with Crippen molar-refractivity contribution in [3.05, 3.63) is 59.4 Å². The third kappa shape index (κ3) is 2.63. The first-order chi connectivity index (χ1) is 9.17. The predicted molar refractivity (Wildman–Crippen MR) is 69.1 cm³/mol. The standard InChI is InChI=1S/C15H13FO3/c1-19-15(18)10-6-7-13(14(16)8-10)12-5-3-2-4-11(12)9-17/h2-8,17H,9H2,1H3. The van der Waals surface area contributed by atoms with Gasteiger partial charge in [0.1, 0.15) is 5.82 Å². The normalized spacial score (nSPS) is 10.3. The number of aliphatic hydroxyl groups is 1. The van der Waals surface area contributed by atoms with Crippen LogP contribution in [-0.2, 0) is 11.3 Å². The second-order valence-corrected chi connectivity index (χ2v) is 4.00. The van der Waals surface area contributed by atoms with Gasteiger partial charge < -0.3 is 9.84 Å². The molecule has 0 aliphatic carbocycles. The molecule has 0 saturated carbocycles. The number of esters is 1. The molecule has 19 heavy (non-hydrogen) atoms. The molecule has 0 aromatic heterocycles. The number of aliphatic hydroxyl groups excluding tert-OH is 1. The van der Waals surface area contributed by atoms with Gasteiger partial charge in [-0.1, -0.05) is 30.3 Å². The van der Waals surface area contributed by atoms with Crippen LogP contribution in [0.25, 0.3) is 11.1 Å². The molecule has 0 heterocycles. The van der Waals surface area contributed by atoms with Crippen LogP contribution >= 0.6 is 0 Å². The first-order valence-corrected chi connectivity index (χ1v) is 5.74. The Balaban J connectivity index is 2.49. The van der Waals surface area contributed by atoms with Crippen LogP contribution in [0.5, 0.6) is 0 Å². The van der Waals surface area contributed by atoms with E-state index in [4.69, 9.17) is 0 Å². The van der Waals surface area contributed by atoms with Crippen LogP contribution in [0.1, 0.15) is 15.9 Å². The molecule has 3 nitrogen and oxygen atoms in total. The van der Waals surface area contributed by atoms with Crippen LogP contribution in [0.15, 0.2) is 42.5 Å². The maximum atomic E-state index is 14.1. The Labute approximate surface area is 110 Å².